The SMILES string of the molecule is CCCCCCCCCCCCCC/C=C/CC/C=C/CC/C=C/C(O)C(CO)NC(=O)CCCCCCCCCCCCCCCCCCCCCCCCCCCCCCCCCCCCCCCCCCC. The Morgan fingerprint density at radius 1 is 0.307 bits per heavy atom. The van der Waals surface area contributed by atoms with Crippen molar-refractivity contribution in [3.05, 3.63) is 36.5 Å². The van der Waals surface area contributed by atoms with Crippen LogP contribution in [0, 0.1) is 0 Å². The van der Waals surface area contributed by atoms with Gasteiger partial charge in [0.25, 0.3) is 0 Å². The second-order valence-corrected chi connectivity index (χ2v) is 23.9. The van der Waals surface area contributed by atoms with Gasteiger partial charge < -0.3 is 15.5 Å². The quantitative estimate of drug-likeness (QED) is 0.0420. The number of allylic oxidation sites excluding steroid dienone is 5. The van der Waals surface area contributed by atoms with Gasteiger partial charge in [-0.1, -0.05) is 378 Å². The molecule has 444 valence electrons. The van der Waals surface area contributed by atoms with Crippen molar-refractivity contribution >= 4 is 5.91 Å². The van der Waals surface area contributed by atoms with Crippen LogP contribution in [0.3, 0.4) is 0 Å². The van der Waals surface area contributed by atoms with Crippen LogP contribution in [0.15, 0.2) is 36.5 Å². The summed E-state index contributed by atoms with van der Waals surface area (Å²) >= 11 is 0. The molecule has 0 aromatic rings. The highest BCUT2D eigenvalue weighted by molar-refractivity contribution is 5.76. The van der Waals surface area contributed by atoms with Gasteiger partial charge in [-0.15, -0.1) is 0 Å². The van der Waals surface area contributed by atoms with Crippen molar-refractivity contribution in [3.8, 4) is 0 Å². The third-order valence-electron chi connectivity index (χ3n) is 16.4. The van der Waals surface area contributed by atoms with E-state index in [1.54, 1.807) is 6.08 Å². The average molecular weight is 1050 g/mol. The molecule has 1 amide bonds. The van der Waals surface area contributed by atoms with Gasteiger partial charge in [-0.2, -0.15) is 0 Å². The molecule has 75 heavy (non-hydrogen) atoms. The summed E-state index contributed by atoms with van der Waals surface area (Å²) in [6.45, 7) is 4.34. The van der Waals surface area contributed by atoms with Crippen LogP contribution in [0.5, 0.6) is 0 Å². The average Bonchev–Trinajstić information content (AvgIpc) is 3.41. The molecule has 0 saturated heterocycles. The molecule has 0 aromatic heterocycles. The topological polar surface area (TPSA) is 69.6 Å². The molecule has 0 aliphatic rings. The first kappa shape index (κ1) is 73.6. The predicted molar refractivity (Wildman–Crippen MR) is 336 cm³/mol. The summed E-state index contributed by atoms with van der Waals surface area (Å²) in [4.78, 5) is 12.5. The smallest absolute Gasteiger partial charge is 0.220 e. The van der Waals surface area contributed by atoms with Gasteiger partial charge in [0.1, 0.15) is 0 Å². The molecule has 0 heterocycles. The maximum Gasteiger partial charge on any atom is 0.220 e. The first-order chi connectivity index (χ1) is 37.2. The first-order valence-electron chi connectivity index (χ1n) is 34.7. The number of nitrogens with one attached hydrogen (secondary N) is 1. The molecule has 0 aliphatic heterocycles. The van der Waals surface area contributed by atoms with Crippen molar-refractivity contribution in [3.63, 3.8) is 0 Å². The minimum Gasteiger partial charge on any atom is -0.394 e. The Labute approximate surface area is 472 Å². The number of carbonyl (C=O) groups excluding carboxylic acids is 1. The van der Waals surface area contributed by atoms with E-state index in [0.717, 1.165) is 38.5 Å². The van der Waals surface area contributed by atoms with E-state index in [-0.39, 0.29) is 12.5 Å². The van der Waals surface area contributed by atoms with Gasteiger partial charge in [-0.05, 0) is 44.9 Å². The van der Waals surface area contributed by atoms with Crippen LogP contribution in [-0.2, 0) is 4.79 Å². The number of hydrogen-bond acceptors (Lipinski definition) is 3. The highest BCUT2D eigenvalue weighted by Crippen LogP contribution is 2.19. The molecule has 0 fully saturated rings. The molecule has 0 bridgehead atoms. The van der Waals surface area contributed by atoms with Crippen molar-refractivity contribution < 1.29 is 15.0 Å². The number of unbranched alkanes of at least 4 members (excludes halogenated alkanes) is 54. The number of amides is 1. The van der Waals surface area contributed by atoms with E-state index in [4.69, 9.17) is 0 Å². The zero-order valence-electron chi connectivity index (χ0n) is 51.3. The van der Waals surface area contributed by atoms with Crippen molar-refractivity contribution in [1.82, 2.24) is 5.32 Å². The van der Waals surface area contributed by atoms with Crippen LogP contribution in [0.2, 0.25) is 0 Å². The molecule has 2 unspecified atom stereocenters. The maximum atomic E-state index is 12.5. The molecule has 4 nitrogen and oxygen atoms in total. The Kier molecular flexibility index (Phi) is 65.6. The van der Waals surface area contributed by atoms with E-state index in [1.165, 1.54) is 334 Å². The molecular formula is C71H137NO3. The van der Waals surface area contributed by atoms with E-state index in [0.29, 0.717) is 6.42 Å². The van der Waals surface area contributed by atoms with E-state index >= 15 is 0 Å². The minimum absolute atomic E-state index is 0.0701. The summed E-state index contributed by atoms with van der Waals surface area (Å²) in [5, 5.41) is 23.2. The Bertz CT molecular complexity index is 1150. The number of aliphatic hydroxyl groups is 2. The molecule has 0 aliphatic carbocycles. The molecular weight excluding hydrogens is 915 g/mol. The first-order valence-corrected chi connectivity index (χ1v) is 34.7. The molecule has 0 saturated carbocycles. The maximum absolute atomic E-state index is 12.5. The van der Waals surface area contributed by atoms with Crippen LogP contribution in [0.1, 0.15) is 393 Å². The molecule has 3 N–H and O–H groups in total. The lowest BCUT2D eigenvalue weighted by Crippen LogP contribution is -2.45. The third kappa shape index (κ3) is 63.3. The lowest BCUT2D eigenvalue weighted by Gasteiger charge is -2.19. The molecule has 0 spiro atoms. The molecule has 0 aromatic carbocycles. The van der Waals surface area contributed by atoms with E-state index < -0.39 is 12.1 Å². The van der Waals surface area contributed by atoms with Gasteiger partial charge in [0.05, 0.1) is 18.8 Å². The highest BCUT2D eigenvalue weighted by atomic mass is 16.3. The zero-order valence-corrected chi connectivity index (χ0v) is 51.3. The monoisotopic (exact) mass is 1050 g/mol. The van der Waals surface area contributed by atoms with Crippen LogP contribution < -0.4 is 5.32 Å². The predicted octanol–water partition coefficient (Wildman–Crippen LogP) is 23.5. The minimum atomic E-state index is -0.870. The summed E-state index contributed by atoms with van der Waals surface area (Å²) in [6.07, 6.45) is 92.5. The van der Waals surface area contributed by atoms with Gasteiger partial charge in [-0.3, -0.25) is 4.79 Å². The largest absolute Gasteiger partial charge is 0.394 e. The lowest BCUT2D eigenvalue weighted by molar-refractivity contribution is -0.123. The van der Waals surface area contributed by atoms with Gasteiger partial charge in [-0.25, -0.2) is 0 Å². The van der Waals surface area contributed by atoms with Crippen molar-refractivity contribution in [1.29, 1.82) is 0 Å². The number of carbonyl (C=O) groups is 1. The van der Waals surface area contributed by atoms with Crippen LogP contribution >= 0.6 is 0 Å². The zero-order chi connectivity index (χ0) is 54.1. The van der Waals surface area contributed by atoms with Crippen LogP contribution in [0.4, 0.5) is 0 Å². The fourth-order valence-corrected chi connectivity index (χ4v) is 11.1. The summed E-state index contributed by atoms with van der Waals surface area (Å²) < 4.78 is 0. The lowest BCUT2D eigenvalue weighted by atomic mass is 10.0. The fraction of sp³-hybridized carbons (Fsp3) is 0.901. The Morgan fingerprint density at radius 2 is 0.520 bits per heavy atom. The van der Waals surface area contributed by atoms with Crippen molar-refractivity contribution in [2.24, 2.45) is 0 Å². The van der Waals surface area contributed by atoms with Gasteiger partial charge >= 0.3 is 0 Å². The van der Waals surface area contributed by atoms with Crippen molar-refractivity contribution in [2.45, 2.75) is 405 Å². The number of rotatable bonds is 65. The summed E-state index contributed by atoms with van der Waals surface area (Å²) in [5.41, 5.74) is 0. The standard InChI is InChI=1S/C71H137NO3/c1-3-5-7-9-11-13-15-17-19-21-23-25-27-28-29-30-31-32-33-34-35-36-37-38-39-40-41-42-43-44-45-47-49-51-53-55-57-59-61-63-65-67-71(75)72-69(68-73)70(74)66-64-62-60-58-56-54-52-50-48-46-26-24-22-20-18-16-14-12-10-8-6-4-2/h48,50,56,58,64,66,69-70,73-74H,3-47,49,51-55,57,59-63,65,67-68H2,1-2H3,(H,72,75)/b50-48+,58-56+,66-64+. The van der Waals surface area contributed by atoms with Crippen LogP contribution in [0.25, 0.3) is 0 Å². The molecule has 2 atom stereocenters. The molecule has 0 rings (SSSR count). The summed E-state index contributed by atoms with van der Waals surface area (Å²) in [6, 6.07) is -0.645. The molecule has 0 radical (unpaired) electrons. The number of aliphatic hydroxyl groups excluding tert-OH is 2. The van der Waals surface area contributed by atoms with Gasteiger partial charge in [0.15, 0.2) is 0 Å². The summed E-state index contributed by atoms with van der Waals surface area (Å²) in [7, 11) is 0. The molecule has 4 heteroatoms. The second kappa shape index (κ2) is 66.9. The van der Waals surface area contributed by atoms with Crippen LogP contribution in [-0.4, -0.2) is 34.9 Å². The van der Waals surface area contributed by atoms with E-state index in [2.05, 4.69) is 43.5 Å². The Morgan fingerprint density at radius 3 is 0.773 bits per heavy atom. The van der Waals surface area contributed by atoms with E-state index in [9.17, 15) is 15.0 Å². The Hall–Kier alpha value is -1.39. The summed E-state index contributed by atoms with van der Waals surface area (Å²) in [5.74, 6) is -0.0701. The highest BCUT2D eigenvalue weighted by Gasteiger charge is 2.18. The van der Waals surface area contributed by atoms with Crippen molar-refractivity contribution in [2.75, 3.05) is 6.61 Å². The Balaban J connectivity index is 3.40. The van der Waals surface area contributed by atoms with Gasteiger partial charge in [0.2, 0.25) is 5.91 Å². The van der Waals surface area contributed by atoms with E-state index in [1.807, 2.05) is 6.08 Å². The third-order valence-corrected chi connectivity index (χ3v) is 16.4. The number of hydrogen-bond donors (Lipinski definition) is 3. The van der Waals surface area contributed by atoms with Gasteiger partial charge in [0, 0.05) is 6.42 Å². The fourth-order valence-electron chi connectivity index (χ4n) is 11.1. The second-order valence-electron chi connectivity index (χ2n) is 23.9. The normalized spacial score (nSPS) is 12.9.